The highest BCUT2D eigenvalue weighted by Gasteiger charge is 2.03. The first-order chi connectivity index (χ1) is 7.83. The fraction of sp³-hybridized carbons (Fsp3) is 0.769. The van der Waals surface area contributed by atoms with Gasteiger partial charge in [-0.3, -0.25) is 4.79 Å². The zero-order valence-corrected chi connectivity index (χ0v) is 10.3. The maximum Gasteiger partial charge on any atom is 0.307 e. The Balaban J connectivity index is 1.95. The topological polar surface area (TPSA) is 38.3 Å². The number of hydrogen-bond donors (Lipinski definition) is 1. The van der Waals surface area contributed by atoms with Gasteiger partial charge >= 0.3 is 5.97 Å². The SMILES string of the molecule is CCOC(=O)CCNCCC1=CCCCC1. The van der Waals surface area contributed by atoms with E-state index in [-0.39, 0.29) is 5.97 Å². The summed E-state index contributed by atoms with van der Waals surface area (Å²) in [6, 6.07) is 0. The molecule has 0 aromatic heterocycles. The molecule has 0 atom stereocenters. The Bertz CT molecular complexity index is 236. The van der Waals surface area contributed by atoms with E-state index in [2.05, 4.69) is 11.4 Å². The molecule has 0 spiro atoms. The van der Waals surface area contributed by atoms with Gasteiger partial charge in [0.15, 0.2) is 0 Å². The Labute approximate surface area is 98.2 Å². The molecule has 16 heavy (non-hydrogen) atoms. The van der Waals surface area contributed by atoms with Gasteiger partial charge < -0.3 is 10.1 Å². The minimum Gasteiger partial charge on any atom is -0.466 e. The number of allylic oxidation sites excluding steroid dienone is 1. The van der Waals surface area contributed by atoms with Crippen LogP contribution in [-0.4, -0.2) is 25.7 Å². The van der Waals surface area contributed by atoms with Gasteiger partial charge in [0, 0.05) is 6.54 Å². The average molecular weight is 225 g/mol. The minimum absolute atomic E-state index is 0.105. The van der Waals surface area contributed by atoms with Crippen molar-refractivity contribution in [1.82, 2.24) is 5.32 Å². The Hall–Kier alpha value is -0.830. The van der Waals surface area contributed by atoms with E-state index in [1.54, 1.807) is 5.57 Å². The molecule has 1 N–H and O–H groups in total. The van der Waals surface area contributed by atoms with Gasteiger partial charge in [-0.15, -0.1) is 0 Å². The van der Waals surface area contributed by atoms with Crippen molar-refractivity contribution in [2.24, 2.45) is 0 Å². The summed E-state index contributed by atoms with van der Waals surface area (Å²) < 4.78 is 4.85. The number of carbonyl (C=O) groups is 1. The van der Waals surface area contributed by atoms with E-state index in [0.29, 0.717) is 13.0 Å². The van der Waals surface area contributed by atoms with Gasteiger partial charge in [-0.05, 0) is 45.6 Å². The quantitative estimate of drug-likeness (QED) is 0.411. The normalized spacial score (nSPS) is 15.7. The van der Waals surface area contributed by atoms with E-state index < -0.39 is 0 Å². The van der Waals surface area contributed by atoms with Gasteiger partial charge in [-0.2, -0.15) is 0 Å². The number of rotatable bonds is 7. The number of ether oxygens (including phenoxy) is 1. The predicted octanol–water partition coefficient (Wildman–Crippen LogP) is 2.42. The van der Waals surface area contributed by atoms with Gasteiger partial charge in [0.05, 0.1) is 13.0 Å². The van der Waals surface area contributed by atoms with E-state index >= 15 is 0 Å². The third kappa shape index (κ3) is 5.91. The molecule has 0 aromatic carbocycles. The Morgan fingerprint density at radius 3 is 3.00 bits per heavy atom. The van der Waals surface area contributed by atoms with E-state index in [4.69, 9.17) is 4.74 Å². The van der Waals surface area contributed by atoms with Crippen molar-refractivity contribution in [3.63, 3.8) is 0 Å². The van der Waals surface area contributed by atoms with Crippen molar-refractivity contribution in [3.8, 4) is 0 Å². The first-order valence-corrected chi connectivity index (χ1v) is 6.37. The van der Waals surface area contributed by atoms with Crippen molar-refractivity contribution < 1.29 is 9.53 Å². The molecule has 0 aromatic rings. The van der Waals surface area contributed by atoms with Crippen LogP contribution in [0.4, 0.5) is 0 Å². The molecule has 0 unspecified atom stereocenters. The Morgan fingerprint density at radius 2 is 2.31 bits per heavy atom. The highest BCUT2D eigenvalue weighted by Crippen LogP contribution is 2.19. The molecule has 0 fully saturated rings. The van der Waals surface area contributed by atoms with E-state index in [1.165, 1.54) is 25.7 Å². The second kappa shape index (κ2) is 8.34. The molecule has 0 saturated heterocycles. The highest BCUT2D eigenvalue weighted by atomic mass is 16.5. The van der Waals surface area contributed by atoms with Crippen LogP contribution in [0, 0.1) is 0 Å². The van der Waals surface area contributed by atoms with Crippen LogP contribution in [0.2, 0.25) is 0 Å². The summed E-state index contributed by atoms with van der Waals surface area (Å²) in [6.07, 6.45) is 9.18. The van der Waals surface area contributed by atoms with Crippen LogP contribution in [0.1, 0.15) is 45.4 Å². The van der Waals surface area contributed by atoms with Gasteiger partial charge in [-0.25, -0.2) is 0 Å². The maximum absolute atomic E-state index is 11.0. The average Bonchev–Trinajstić information content (AvgIpc) is 2.30. The number of nitrogens with one attached hydrogen (secondary N) is 1. The molecule has 0 bridgehead atoms. The molecule has 1 aliphatic carbocycles. The molecule has 1 aliphatic rings. The molecule has 0 heterocycles. The number of carbonyl (C=O) groups excluding carboxylic acids is 1. The molecule has 92 valence electrons. The zero-order valence-electron chi connectivity index (χ0n) is 10.3. The summed E-state index contributed by atoms with van der Waals surface area (Å²) in [5.74, 6) is -0.105. The van der Waals surface area contributed by atoms with Crippen LogP contribution < -0.4 is 5.32 Å². The van der Waals surface area contributed by atoms with Gasteiger partial charge in [-0.1, -0.05) is 11.6 Å². The first kappa shape index (κ1) is 13.2. The molecule has 0 amide bonds. The van der Waals surface area contributed by atoms with Crippen LogP contribution in [0.5, 0.6) is 0 Å². The van der Waals surface area contributed by atoms with E-state index in [9.17, 15) is 4.79 Å². The molecule has 3 nitrogen and oxygen atoms in total. The monoisotopic (exact) mass is 225 g/mol. The lowest BCUT2D eigenvalue weighted by Crippen LogP contribution is -2.21. The van der Waals surface area contributed by atoms with Crippen LogP contribution in [0.3, 0.4) is 0 Å². The minimum atomic E-state index is -0.105. The molecule has 0 saturated carbocycles. The smallest absolute Gasteiger partial charge is 0.307 e. The summed E-state index contributed by atoms with van der Waals surface area (Å²) in [6.45, 7) is 4.02. The summed E-state index contributed by atoms with van der Waals surface area (Å²) in [4.78, 5) is 11.0. The largest absolute Gasteiger partial charge is 0.466 e. The third-order valence-corrected chi connectivity index (χ3v) is 2.82. The third-order valence-electron chi connectivity index (χ3n) is 2.82. The zero-order chi connectivity index (χ0) is 11.6. The van der Waals surface area contributed by atoms with Gasteiger partial charge in [0.1, 0.15) is 0 Å². The second-order valence-corrected chi connectivity index (χ2v) is 4.16. The second-order valence-electron chi connectivity index (χ2n) is 4.16. The van der Waals surface area contributed by atoms with Crippen molar-refractivity contribution in [2.75, 3.05) is 19.7 Å². The molecule has 1 rings (SSSR count). The fourth-order valence-corrected chi connectivity index (χ4v) is 1.93. The lowest BCUT2D eigenvalue weighted by molar-refractivity contribution is -0.142. The van der Waals surface area contributed by atoms with Crippen molar-refractivity contribution in [1.29, 1.82) is 0 Å². The Kier molecular flexibility index (Phi) is 6.90. The first-order valence-electron chi connectivity index (χ1n) is 6.37. The van der Waals surface area contributed by atoms with Crippen LogP contribution in [0.15, 0.2) is 11.6 Å². The van der Waals surface area contributed by atoms with Gasteiger partial charge in [0.2, 0.25) is 0 Å². The maximum atomic E-state index is 11.0. The molecular weight excluding hydrogens is 202 g/mol. The summed E-state index contributed by atoms with van der Waals surface area (Å²) in [7, 11) is 0. The predicted molar refractivity (Wildman–Crippen MR) is 65.3 cm³/mol. The molecular formula is C13H23NO2. The number of hydrogen-bond acceptors (Lipinski definition) is 3. The summed E-state index contributed by atoms with van der Waals surface area (Å²) >= 11 is 0. The van der Waals surface area contributed by atoms with Crippen molar-refractivity contribution in [2.45, 2.75) is 45.4 Å². The van der Waals surface area contributed by atoms with E-state index in [1.807, 2.05) is 6.92 Å². The van der Waals surface area contributed by atoms with Crippen LogP contribution >= 0.6 is 0 Å². The van der Waals surface area contributed by atoms with E-state index in [0.717, 1.165) is 19.5 Å². The molecule has 3 heteroatoms. The molecule has 0 aliphatic heterocycles. The van der Waals surface area contributed by atoms with Crippen molar-refractivity contribution in [3.05, 3.63) is 11.6 Å². The standard InChI is InChI=1S/C13H23NO2/c1-2-16-13(15)9-11-14-10-8-12-6-4-3-5-7-12/h6,14H,2-5,7-11H2,1H3. The highest BCUT2D eigenvalue weighted by molar-refractivity contribution is 5.69. The fourth-order valence-electron chi connectivity index (χ4n) is 1.93. The van der Waals surface area contributed by atoms with Crippen molar-refractivity contribution >= 4 is 5.97 Å². The summed E-state index contributed by atoms with van der Waals surface area (Å²) in [5.41, 5.74) is 1.58. The van der Waals surface area contributed by atoms with Crippen LogP contribution in [0.25, 0.3) is 0 Å². The molecule has 0 radical (unpaired) electrons. The number of esters is 1. The lowest BCUT2D eigenvalue weighted by atomic mass is 9.97. The van der Waals surface area contributed by atoms with Crippen LogP contribution in [-0.2, 0) is 9.53 Å². The van der Waals surface area contributed by atoms with Gasteiger partial charge in [0.25, 0.3) is 0 Å². The summed E-state index contributed by atoms with van der Waals surface area (Å²) in [5, 5.41) is 3.28. The lowest BCUT2D eigenvalue weighted by Gasteiger charge is -2.12. The Morgan fingerprint density at radius 1 is 1.44 bits per heavy atom.